The molecule has 4 rings (SSSR count). The third-order valence-corrected chi connectivity index (χ3v) is 6.36. The summed E-state index contributed by atoms with van der Waals surface area (Å²) >= 11 is 3.49. The van der Waals surface area contributed by atoms with Crippen molar-refractivity contribution in [1.29, 1.82) is 0 Å². The molecule has 4 nitrogen and oxygen atoms in total. The minimum atomic E-state index is -3.53. The van der Waals surface area contributed by atoms with Gasteiger partial charge in [0.25, 0.3) is 0 Å². The Morgan fingerprint density at radius 1 is 0.966 bits per heavy atom. The number of nitrogens with one attached hydrogen (secondary N) is 1. The van der Waals surface area contributed by atoms with Crippen molar-refractivity contribution in [1.82, 2.24) is 3.97 Å². The Kier molecular flexibility index (Phi) is 5.23. The van der Waals surface area contributed by atoms with Crippen LogP contribution in [0, 0.1) is 6.92 Å². The van der Waals surface area contributed by atoms with Crippen molar-refractivity contribution in [3.8, 4) is 11.1 Å². The third kappa shape index (κ3) is 3.95. The second-order valence-electron chi connectivity index (χ2n) is 7.12. The summed E-state index contributed by atoms with van der Waals surface area (Å²) in [6, 6.07) is 23.7. The number of nitrogens with zero attached hydrogens (tertiary/aromatic N) is 1. The number of aryl methyl sites for hydroxylation is 1. The minimum absolute atomic E-state index is 0.504. The Hall–Kier alpha value is -2.57. The second kappa shape index (κ2) is 7.69. The van der Waals surface area contributed by atoms with Crippen LogP contribution in [0.2, 0.25) is 0 Å². The summed E-state index contributed by atoms with van der Waals surface area (Å²) in [7, 11) is -3.53. The number of anilines is 1. The number of aromatic nitrogens is 1. The Morgan fingerprint density at radius 2 is 1.72 bits per heavy atom. The van der Waals surface area contributed by atoms with Gasteiger partial charge in [-0.25, -0.2) is 12.4 Å². The van der Waals surface area contributed by atoms with E-state index in [4.69, 9.17) is 0 Å². The summed E-state index contributed by atoms with van der Waals surface area (Å²) < 4.78 is 28.0. The van der Waals surface area contributed by atoms with E-state index in [0.717, 1.165) is 32.1 Å². The summed E-state index contributed by atoms with van der Waals surface area (Å²) in [4.78, 5) is 0. The van der Waals surface area contributed by atoms with Gasteiger partial charge in [-0.2, -0.15) is 0 Å². The van der Waals surface area contributed by atoms with Crippen LogP contribution in [0.3, 0.4) is 0 Å². The quantitative estimate of drug-likeness (QED) is 0.402. The van der Waals surface area contributed by atoms with Crippen molar-refractivity contribution in [3.05, 3.63) is 88.4 Å². The molecule has 1 N–H and O–H groups in total. The van der Waals surface area contributed by atoms with Crippen LogP contribution in [0.25, 0.3) is 22.0 Å². The van der Waals surface area contributed by atoms with E-state index in [-0.39, 0.29) is 0 Å². The normalized spacial score (nSPS) is 11.7. The van der Waals surface area contributed by atoms with Crippen molar-refractivity contribution in [2.45, 2.75) is 13.5 Å². The van der Waals surface area contributed by atoms with Gasteiger partial charge in [0.2, 0.25) is 10.0 Å². The average molecular weight is 469 g/mol. The first-order chi connectivity index (χ1) is 13.8. The highest BCUT2D eigenvalue weighted by molar-refractivity contribution is 9.10. The molecule has 0 fully saturated rings. The first-order valence-corrected chi connectivity index (χ1v) is 11.9. The lowest BCUT2D eigenvalue weighted by atomic mass is 10.0. The van der Waals surface area contributed by atoms with Crippen LogP contribution in [0.1, 0.15) is 11.1 Å². The van der Waals surface area contributed by atoms with E-state index in [0.29, 0.717) is 17.9 Å². The largest absolute Gasteiger partial charge is 0.366 e. The zero-order chi connectivity index (χ0) is 20.6. The Morgan fingerprint density at radius 3 is 2.41 bits per heavy atom. The maximum absolute atomic E-state index is 12.8. The molecule has 29 heavy (non-hydrogen) atoms. The van der Waals surface area contributed by atoms with Gasteiger partial charge in [-0.15, -0.1) is 0 Å². The molecule has 0 saturated heterocycles. The fraction of sp³-hybridized carbons (Fsp3) is 0.130. The monoisotopic (exact) mass is 468 g/mol. The van der Waals surface area contributed by atoms with Crippen molar-refractivity contribution in [2.24, 2.45) is 0 Å². The molecule has 1 heterocycles. The van der Waals surface area contributed by atoms with Crippen LogP contribution in [0.5, 0.6) is 0 Å². The predicted molar refractivity (Wildman–Crippen MR) is 124 cm³/mol. The molecule has 4 aromatic rings. The summed E-state index contributed by atoms with van der Waals surface area (Å²) in [5, 5.41) is 4.32. The molecular weight excluding hydrogens is 448 g/mol. The lowest BCUT2D eigenvalue weighted by Crippen LogP contribution is -2.14. The second-order valence-corrected chi connectivity index (χ2v) is 9.87. The van der Waals surface area contributed by atoms with E-state index >= 15 is 0 Å². The SMILES string of the molecule is Cc1ccc2c(c1)c(-c1ccccc1)c(NCc1cccc(Br)c1)n2S(C)(=O)=O. The molecule has 6 heteroatoms. The van der Waals surface area contributed by atoms with E-state index in [9.17, 15) is 8.42 Å². The van der Waals surface area contributed by atoms with Gasteiger partial charge < -0.3 is 5.32 Å². The molecule has 0 aliphatic rings. The van der Waals surface area contributed by atoms with E-state index in [1.54, 1.807) is 0 Å². The number of rotatable bonds is 5. The third-order valence-electron chi connectivity index (χ3n) is 4.82. The predicted octanol–water partition coefficient (Wildman–Crippen LogP) is 5.80. The highest BCUT2D eigenvalue weighted by Crippen LogP contribution is 2.40. The highest BCUT2D eigenvalue weighted by atomic mass is 79.9. The topological polar surface area (TPSA) is 51.1 Å². The minimum Gasteiger partial charge on any atom is -0.366 e. The van der Waals surface area contributed by atoms with E-state index in [1.165, 1.54) is 10.2 Å². The molecule has 0 aliphatic heterocycles. The summed E-state index contributed by atoms with van der Waals surface area (Å²) in [6.45, 7) is 2.52. The molecule has 0 spiro atoms. The Labute approximate surface area is 179 Å². The molecule has 0 bridgehead atoms. The smallest absolute Gasteiger partial charge is 0.237 e. The lowest BCUT2D eigenvalue weighted by Gasteiger charge is -2.13. The lowest BCUT2D eigenvalue weighted by molar-refractivity contribution is 0.595. The molecule has 148 valence electrons. The van der Waals surface area contributed by atoms with E-state index in [1.807, 2.05) is 79.7 Å². The molecule has 0 atom stereocenters. The zero-order valence-corrected chi connectivity index (χ0v) is 18.6. The molecule has 3 aromatic carbocycles. The molecule has 0 amide bonds. The summed E-state index contributed by atoms with van der Waals surface area (Å²) in [6.07, 6.45) is 1.24. The fourth-order valence-corrected chi connectivity index (χ4v) is 5.06. The van der Waals surface area contributed by atoms with Gasteiger partial charge in [0, 0.05) is 22.0 Å². The van der Waals surface area contributed by atoms with Crippen LogP contribution in [0.15, 0.2) is 77.3 Å². The van der Waals surface area contributed by atoms with Gasteiger partial charge in [-0.1, -0.05) is 70.0 Å². The molecular formula is C23H21BrN2O2S. The van der Waals surface area contributed by atoms with Gasteiger partial charge in [0.1, 0.15) is 5.82 Å². The fourth-order valence-electron chi connectivity index (χ4n) is 3.61. The zero-order valence-electron chi connectivity index (χ0n) is 16.2. The van der Waals surface area contributed by atoms with Crippen LogP contribution < -0.4 is 5.32 Å². The van der Waals surface area contributed by atoms with Crippen LogP contribution in [-0.4, -0.2) is 18.6 Å². The van der Waals surface area contributed by atoms with Crippen LogP contribution >= 0.6 is 15.9 Å². The number of halogens is 1. The van der Waals surface area contributed by atoms with Gasteiger partial charge in [-0.3, -0.25) is 0 Å². The number of hydrogen-bond acceptors (Lipinski definition) is 3. The first kappa shape index (κ1) is 19.7. The molecule has 0 radical (unpaired) electrons. The maximum atomic E-state index is 12.8. The molecule has 1 aromatic heterocycles. The van der Waals surface area contributed by atoms with Crippen molar-refractivity contribution in [3.63, 3.8) is 0 Å². The van der Waals surface area contributed by atoms with Gasteiger partial charge in [-0.05, 0) is 42.3 Å². The maximum Gasteiger partial charge on any atom is 0.237 e. The van der Waals surface area contributed by atoms with Gasteiger partial charge in [0.15, 0.2) is 0 Å². The molecule has 0 unspecified atom stereocenters. The summed E-state index contributed by atoms with van der Waals surface area (Å²) in [5.74, 6) is 0.583. The van der Waals surface area contributed by atoms with Crippen molar-refractivity contribution >= 4 is 42.7 Å². The Bertz CT molecular complexity index is 1300. The molecule has 0 saturated carbocycles. The van der Waals surface area contributed by atoms with E-state index < -0.39 is 10.0 Å². The first-order valence-electron chi connectivity index (χ1n) is 9.24. The number of hydrogen-bond donors (Lipinski definition) is 1. The summed E-state index contributed by atoms with van der Waals surface area (Å²) in [5.41, 5.74) is 4.68. The van der Waals surface area contributed by atoms with Crippen molar-refractivity contribution in [2.75, 3.05) is 11.6 Å². The van der Waals surface area contributed by atoms with Crippen LogP contribution in [-0.2, 0) is 16.6 Å². The number of benzene rings is 3. The van der Waals surface area contributed by atoms with Gasteiger partial charge >= 0.3 is 0 Å². The van der Waals surface area contributed by atoms with Crippen molar-refractivity contribution < 1.29 is 8.42 Å². The van der Waals surface area contributed by atoms with E-state index in [2.05, 4.69) is 21.2 Å². The average Bonchev–Trinajstić information content (AvgIpc) is 3.00. The van der Waals surface area contributed by atoms with Crippen LogP contribution in [0.4, 0.5) is 5.82 Å². The Balaban J connectivity index is 1.97. The van der Waals surface area contributed by atoms with Gasteiger partial charge in [0.05, 0.1) is 11.8 Å². The molecule has 0 aliphatic carbocycles. The number of fused-ring (bicyclic) bond motifs is 1. The standard InChI is InChI=1S/C23H21BrN2O2S/c1-16-11-12-21-20(13-16)22(18-8-4-3-5-9-18)23(26(21)29(2,27)28)25-15-17-7-6-10-19(24)14-17/h3-14,25H,15H2,1-2H3. The highest BCUT2D eigenvalue weighted by Gasteiger charge is 2.23.